The van der Waals surface area contributed by atoms with E-state index in [1.807, 2.05) is 48.5 Å². The van der Waals surface area contributed by atoms with Gasteiger partial charge < -0.3 is 0 Å². The molecular formula is C20H16ClN3O2S. The van der Waals surface area contributed by atoms with Crippen LogP contribution in [0.3, 0.4) is 0 Å². The molecular weight excluding hydrogens is 382 g/mol. The number of sulfonamides is 1. The summed E-state index contributed by atoms with van der Waals surface area (Å²) in [5.41, 5.74) is 1.02. The molecule has 0 amide bonds. The summed E-state index contributed by atoms with van der Waals surface area (Å²) in [7, 11) is -3.71. The molecule has 7 heteroatoms. The zero-order chi connectivity index (χ0) is 18.9. The molecule has 27 heavy (non-hydrogen) atoms. The van der Waals surface area contributed by atoms with Crippen molar-refractivity contribution < 1.29 is 8.42 Å². The molecule has 0 atom stereocenters. The van der Waals surface area contributed by atoms with Crippen LogP contribution in [0.5, 0.6) is 0 Å². The highest BCUT2D eigenvalue weighted by Gasteiger charge is 2.16. The maximum atomic E-state index is 12.7. The van der Waals surface area contributed by atoms with Crippen LogP contribution in [0.25, 0.3) is 10.8 Å². The Morgan fingerprint density at radius 2 is 1.67 bits per heavy atom. The SMILES string of the molecule is O=S(=O)(Nc1ccn(Cc2ccc(Cl)cc2)n1)c1ccc2ccccc2c1. The Kier molecular flexibility index (Phi) is 4.59. The van der Waals surface area contributed by atoms with Crippen LogP contribution < -0.4 is 4.72 Å². The molecule has 0 saturated carbocycles. The van der Waals surface area contributed by atoms with E-state index in [0.717, 1.165) is 16.3 Å². The maximum absolute atomic E-state index is 12.7. The standard InChI is InChI=1S/C20H16ClN3O2S/c21-18-8-5-15(6-9-18)14-24-12-11-20(22-24)23-27(25,26)19-10-7-16-3-1-2-4-17(16)13-19/h1-13H,14H2,(H,22,23). The van der Waals surface area contributed by atoms with Crippen LogP contribution in [-0.2, 0) is 16.6 Å². The lowest BCUT2D eigenvalue weighted by atomic mass is 10.1. The topological polar surface area (TPSA) is 64.0 Å². The van der Waals surface area contributed by atoms with Gasteiger partial charge in [0.15, 0.2) is 5.82 Å². The first-order valence-corrected chi connectivity index (χ1v) is 10.2. The zero-order valence-corrected chi connectivity index (χ0v) is 15.8. The van der Waals surface area contributed by atoms with Crippen molar-refractivity contribution in [1.29, 1.82) is 0 Å². The van der Waals surface area contributed by atoms with Crippen LogP contribution in [0, 0.1) is 0 Å². The minimum atomic E-state index is -3.71. The van der Waals surface area contributed by atoms with Crippen molar-refractivity contribution in [2.45, 2.75) is 11.4 Å². The van der Waals surface area contributed by atoms with Crippen molar-refractivity contribution in [2.75, 3.05) is 4.72 Å². The van der Waals surface area contributed by atoms with Crippen molar-refractivity contribution in [3.8, 4) is 0 Å². The lowest BCUT2D eigenvalue weighted by Crippen LogP contribution is -2.13. The van der Waals surface area contributed by atoms with Crippen LogP contribution >= 0.6 is 11.6 Å². The van der Waals surface area contributed by atoms with Crippen molar-refractivity contribution in [3.63, 3.8) is 0 Å². The highest BCUT2D eigenvalue weighted by Crippen LogP contribution is 2.21. The number of anilines is 1. The van der Waals surface area contributed by atoms with Crippen LogP contribution in [0.1, 0.15) is 5.56 Å². The summed E-state index contributed by atoms with van der Waals surface area (Å²) in [5.74, 6) is 0.275. The molecule has 0 fully saturated rings. The second-order valence-electron chi connectivity index (χ2n) is 6.14. The normalized spacial score (nSPS) is 11.6. The van der Waals surface area contributed by atoms with Crippen molar-refractivity contribution in [1.82, 2.24) is 9.78 Å². The van der Waals surface area contributed by atoms with Crippen LogP contribution in [-0.4, -0.2) is 18.2 Å². The second kappa shape index (κ2) is 7.06. The summed E-state index contributed by atoms with van der Waals surface area (Å²) in [5, 5.41) is 6.82. The first-order chi connectivity index (χ1) is 13.0. The van der Waals surface area contributed by atoms with Gasteiger partial charge in [-0.15, -0.1) is 0 Å². The van der Waals surface area contributed by atoms with Crippen LogP contribution in [0.15, 0.2) is 83.9 Å². The molecule has 0 spiro atoms. The first kappa shape index (κ1) is 17.6. The third kappa shape index (κ3) is 3.97. The number of halogens is 1. The molecule has 3 aromatic carbocycles. The van der Waals surface area contributed by atoms with E-state index in [1.165, 1.54) is 0 Å². The minimum Gasteiger partial charge on any atom is -0.266 e. The lowest BCUT2D eigenvalue weighted by molar-refractivity contribution is 0.600. The summed E-state index contributed by atoms with van der Waals surface area (Å²) < 4.78 is 29.6. The van der Waals surface area contributed by atoms with Gasteiger partial charge >= 0.3 is 0 Å². The summed E-state index contributed by atoms with van der Waals surface area (Å²) >= 11 is 5.89. The average molecular weight is 398 g/mol. The van der Waals surface area contributed by atoms with Crippen LogP contribution in [0.4, 0.5) is 5.82 Å². The molecule has 1 aromatic heterocycles. The third-order valence-electron chi connectivity index (χ3n) is 4.17. The Morgan fingerprint density at radius 1 is 0.926 bits per heavy atom. The molecule has 0 unspecified atom stereocenters. The summed E-state index contributed by atoms with van der Waals surface area (Å²) in [6.07, 6.45) is 1.73. The predicted molar refractivity (Wildman–Crippen MR) is 108 cm³/mol. The number of fused-ring (bicyclic) bond motifs is 1. The number of nitrogens with zero attached hydrogens (tertiary/aromatic N) is 2. The van der Waals surface area contributed by atoms with E-state index in [1.54, 1.807) is 35.1 Å². The molecule has 4 rings (SSSR count). The molecule has 0 radical (unpaired) electrons. The largest absolute Gasteiger partial charge is 0.266 e. The van der Waals surface area contributed by atoms with E-state index >= 15 is 0 Å². The van der Waals surface area contributed by atoms with Gasteiger partial charge in [-0.3, -0.25) is 9.40 Å². The Hall–Kier alpha value is -2.83. The Labute approximate surface area is 162 Å². The van der Waals surface area contributed by atoms with Gasteiger partial charge in [-0.2, -0.15) is 5.10 Å². The number of hydrogen-bond donors (Lipinski definition) is 1. The fourth-order valence-electron chi connectivity index (χ4n) is 2.81. The quantitative estimate of drug-likeness (QED) is 0.537. The molecule has 0 aliphatic rings. The molecule has 0 bridgehead atoms. The fraction of sp³-hybridized carbons (Fsp3) is 0.0500. The maximum Gasteiger partial charge on any atom is 0.263 e. The smallest absolute Gasteiger partial charge is 0.263 e. The molecule has 5 nitrogen and oxygen atoms in total. The number of nitrogens with one attached hydrogen (secondary N) is 1. The highest BCUT2D eigenvalue weighted by molar-refractivity contribution is 7.92. The van der Waals surface area contributed by atoms with E-state index in [4.69, 9.17) is 11.6 Å². The van der Waals surface area contributed by atoms with Crippen molar-refractivity contribution >= 4 is 38.2 Å². The van der Waals surface area contributed by atoms with E-state index in [0.29, 0.717) is 11.6 Å². The Balaban J connectivity index is 1.53. The van der Waals surface area contributed by atoms with Crippen LogP contribution in [0.2, 0.25) is 5.02 Å². The van der Waals surface area contributed by atoms with Gasteiger partial charge in [-0.05, 0) is 40.6 Å². The molecule has 1 N–H and O–H groups in total. The minimum absolute atomic E-state index is 0.202. The van der Waals surface area contributed by atoms with Gasteiger partial charge in [0.1, 0.15) is 0 Å². The van der Waals surface area contributed by atoms with Gasteiger partial charge in [-0.1, -0.05) is 54.1 Å². The fourth-order valence-corrected chi connectivity index (χ4v) is 3.97. The van der Waals surface area contributed by atoms with E-state index in [9.17, 15) is 8.42 Å². The number of aromatic nitrogens is 2. The summed E-state index contributed by atoms with van der Waals surface area (Å²) in [4.78, 5) is 0.202. The second-order valence-corrected chi connectivity index (χ2v) is 8.26. The first-order valence-electron chi connectivity index (χ1n) is 8.29. The highest BCUT2D eigenvalue weighted by atomic mass is 35.5. The van der Waals surface area contributed by atoms with Crippen molar-refractivity contribution in [2.24, 2.45) is 0 Å². The monoisotopic (exact) mass is 397 g/mol. The van der Waals surface area contributed by atoms with Gasteiger partial charge in [-0.25, -0.2) is 8.42 Å². The zero-order valence-electron chi connectivity index (χ0n) is 14.2. The molecule has 0 saturated heterocycles. The van der Waals surface area contributed by atoms with Gasteiger partial charge in [0, 0.05) is 17.3 Å². The molecule has 0 aliphatic carbocycles. The van der Waals surface area contributed by atoms with Crippen molar-refractivity contribution in [3.05, 3.63) is 89.6 Å². The Bertz CT molecular complexity index is 1200. The Morgan fingerprint density at radius 3 is 2.44 bits per heavy atom. The van der Waals surface area contributed by atoms with Gasteiger partial charge in [0.2, 0.25) is 0 Å². The summed E-state index contributed by atoms with van der Waals surface area (Å²) in [6.45, 7) is 0.523. The predicted octanol–water partition coefficient (Wildman–Crippen LogP) is 4.54. The number of rotatable bonds is 5. The molecule has 4 aromatic rings. The number of benzene rings is 3. The summed E-state index contributed by atoms with van der Waals surface area (Å²) in [6, 6.07) is 21.7. The van der Waals surface area contributed by atoms with Gasteiger partial charge in [0.05, 0.1) is 11.4 Å². The molecule has 136 valence electrons. The van der Waals surface area contributed by atoms with E-state index < -0.39 is 10.0 Å². The number of hydrogen-bond acceptors (Lipinski definition) is 3. The average Bonchev–Trinajstić information content (AvgIpc) is 3.09. The van der Waals surface area contributed by atoms with E-state index in [2.05, 4.69) is 9.82 Å². The third-order valence-corrected chi connectivity index (χ3v) is 5.77. The molecule has 0 aliphatic heterocycles. The van der Waals surface area contributed by atoms with E-state index in [-0.39, 0.29) is 10.7 Å². The lowest BCUT2D eigenvalue weighted by Gasteiger charge is -2.07. The molecule has 1 heterocycles. The van der Waals surface area contributed by atoms with Gasteiger partial charge in [0.25, 0.3) is 10.0 Å².